The lowest BCUT2D eigenvalue weighted by Crippen LogP contribution is -2.40. The minimum absolute atomic E-state index is 0.0764. The fraction of sp³-hybridized carbons (Fsp3) is 0.278. The number of aromatic nitrogens is 2. The van der Waals surface area contributed by atoms with Crippen LogP contribution in [0.3, 0.4) is 0 Å². The van der Waals surface area contributed by atoms with Crippen molar-refractivity contribution in [1.82, 2.24) is 13.9 Å². The van der Waals surface area contributed by atoms with Crippen molar-refractivity contribution >= 4 is 32.5 Å². The summed E-state index contributed by atoms with van der Waals surface area (Å²) >= 11 is 0. The fourth-order valence-electron chi connectivity index (χ4n) is 3.19. The van der Waals surface area contributed by atoms with Gasteiger partial charge in [0.05, 0.1) is 18.9 Å². The second-order valence-electron chi connectivity index (χ2n) is 6.38. The zero-order chi connectivity index (χ0) is 19.0. The Kier molecular flexibility index (Phi) is 4.50. The van der Waals surface area contributed by atoms with Gasteiger partial charge in [0.1, 0.15) is 10.6 Å². The van der Waals surface area contributed by atoms with Gasteiger partial charge in [-0.15, -0.1) is 0 Å². The van der Waals surface area contributed by atoms with Crippen LogP contribution in [0.25, 0.3) is 10.9 Å². The second kappa shape index (κ2) is 6.84. The molecule has 2 N–H and O–H groups in total. The van der Waals surface area contributed by atoms with E-state index in [-0.39, 0.29) is 10.6 Å². The maximum absolute atomic E-state index is 12.7. The number of carbonyl (C=O) groups excluding carboxylic acids is 1. The molecule has 1 aliphatic rings. The molecule has 0 unspecified atom stereocenters. The molecule has 0 spiro atoms. The Hall–Kier alpha value is -2.62. The van der Waals surface area contributed by atoms with E-state index in [1.807, 2.05) is 42.1 Å². The number of nitrogens with zero attached hydrogens (tertiary/aromatic N) is 2. The van der Waals surface area contributed by atoms with Crippen molar-refractivity contribution in [1.29, 1.82) is 0 Å². The Morgan fingerprint density at radius 1 is 1.22 bits per heavy atom. The number of nitrogens with one attached hydrogen (secondary N) is 2. The fourth-order valence-corrected chi connectivity index (χ4v) is 4.59. The molecule has 3 heterocycles. The first-order valence-corrected chi connectivity index (χ1v) is 10.0. The first-order valence-electron chi connectivity index (χ1n) is 8.58. The number of rotatable bonds is 4. The Labute approximate surface area is 156 Å². The third-order valence-electron chi connectivity index (χ3n) is 4.69. The standard InChI is InChI=1S/C18H20N4O4S/c1-21-6-5-14-15(3-2-4-17(14)21)20-18(23)16-11-13(12-19-16)27(24,25)22-7-9-26-10-8-22/h2-6,11-12,19H,7-10H2,1H3,(H,20,23). The summed E-state index contributed by atoms with van der Waals surface area (Å²) in [6.45, 7) is 1.37. The van der Waals surface area contributed by atoms with Gasteiger partial charge in [-0.2, -0.15) is 4.31 Å². The van der Waals surface area contributed by atoms with E-state index in [2.05, 4.69) is 10.3 Å². The van der Waals surface area contributed by atoms with Gasteiger partial charge in [0, 0.05) is 43.4 Å². The van der Waals surface area contributed by atoms with E-state index in [9.17, 15) is 13.2 Å². The van der Waals surface area contributed by atoms with Crippen molar-refractivity contribution in [3.63, 3.8) is 0 Å². The highest BCUT2D eigenvalue weighted by atomic mass is 32.2. The molecule has 1 saturated heterocycles. The molecule has 0 atom stereocenters. The topological polar surface area (TPSA) is 96.4 Å². The Morgan fingerprint density at radius 2 is 2.00 bits per heavy atom. The zero-order valence-electron chi connectivity index (χ0n) is 14.8. The van der Waals surface area contributed by atoms with Gasteiger partial charge >= 0.3 is 0 Å². The van der Waals surface area contributed by atoms with Crippen LogP contribution in [0.15, 0.2) is 47.6 Å². The van der Waals surface area contributed by atoms with Crippen LogP contribution >= 0.6 is 0 Å². The number of aryl methyl sites for hydroxylation is 1. The maximum Gasteiger partial charge on any atom is 0.272 e. The van der Waals surface area contributed by atoms with Gasteiger partial charge in [0.25, 0.3) is 5.91 Å². The molecule has 1 fully saturated rings. The summed E-state index contributed by atoms with van der Waals surface area (Å²) in [5.41, 5.74) is 1.86. The smallest absolute Gasteiger partial charge is 0.272 e. The number of morpholine rings is 1. The van der Waals surface area contributed by atoms with Crippen LogP contribution in [0.4, 0.5) is 5.69 Å². The minimum atomic E-state index is -3.64. The summed E-state index contributed by atoms with van der Waals surface area (Å²) in [4.78, 5) is 15.4. The number of ether oxygens (including phenoxy) is 1. The molecule has 2 aromatic heterocycles. The van der Waals surface area contributed by atoms with E-state index < -0.39 is 15.9 Å². The van der Waals surface area contributed by atoms with Crippen molar-refractivity contribution in [3.05, 3.63) is 48.4 Å². The first-order chi connectivity index (χ1) is 13.0. The summed E-state index contributed by atoms with van der Waals surface area (Å²) in [7, 11) is -1.71. The van der Waals surface area contributed by atoms with Crippen LogP contribution in [0.2, 0.25) is 0 Å². The summed E-state index contributed by atoms with van der Waals surface area (Å²) in [5, 5.41) is 3.76. The predicted molar refractivity (Wildman–Crippen MR) is 101 cm³/mol. The highest BCUT2D eigenvalue weighted by molar-refractivity contribution is 7.89. The van der Waals surface area contributed by atoms with Gasteiger partial charge < -0.3 is 19.6 Å². The quantitative estimate of drug-likeness (QED) is 0.712. The highest BCUT2D eigenvalue weighted by Crippen LogP contribution is 2.25. The van der Waals surface area contributed by atoms with E-state index >= 15 is 0 Å². The Balaban J connectivity index is 1.56. The molecule has 0 radical (unpaired) electrons. The number of hydrogen-bond donors (Lipinski definition) is 2. The number of aromatic amines is 1. The van der Waals surface area contributed by atoms with Crippen LogP contribution in [-0.2, 0) is 21.8 Å². The summed E-state index contributed by atoms with van der Waals surface area (Å²) in [6.07, 6.45) is 3.27. The lowest BCUT2D eigenvalue weighted by molar-refractivity contribution is 0.0730. The molecule has 0 aliphatic carbocycles. The van der Waals surface area contributed by atoms with E-state index in [4.69, 9.17) is 4.74 Å². The third-order valence-corrected chi connectivity index (χ3v) is 6.56. The molecular weight excluding hydrogens is 368 g/mol. The van der Waals surface area contributed by atoms with Crippen molar-refractivity contribution in [2.75, 3.05) is 31.6 Å². The normalized spacial score (nSPS) is 15.9. The van der Waals surface area contributed by atoms with Gasteiger partial charge in [-0.25, -0.2) is 8.42 Å². The summed E-state index contributed by atoms with van der Waals surface area (Å²) in [6, 6.07) is 8.93. The number of amides is 1. The average Bonchev–Trinajstić information content (AvgIpc) is 3.31. The van der Waals surface area contributed by atoms with Gasteiger partial charge in [-0.3, -0.25) is 4.79 Å². The lowest BCUT2D eigenvalue weighted by Gasteiger charge is -2.25. The van der Waals surface area contributed by atoms with E-state index in [0.717, 1.165) is 10.9 Å². The number of hydrogen-bond acceptors (Lipinski definition) is 4. The molecule has 1 aromatic carbocycles. The molecule has 27 heavy (non-hydrogen) atoms. The molecule has 3 aromatic rings. The van der Waals surface area contributed by atoms with Crippen LogP contribution in [0.1, 0.15) is 10.5 Å². The first kappa shape index (κ1) is 17.8. The molecule has 0 saturated carbocycles. The summed E-state index contributed by atoms with van der Waals surface area (Å²) in [5.74, 6) is -0.394. The van der Waals surface area contributed by atoms with Crippen LogP contribution < -0.4 is 5.32 Å². The number of benzene rings is 1. The number of fused-ring (bicyclic) bond motifs is 1. The highest BCUT2D eigenvalue weighted by Gasteiger charge is 2.28. The van der Waals surface area contributed by atoms with Crippen LogP contribution in [-0.4, -0.2) is 54.5 Å². The Morgan fingerprint density at radius 3 is 2.78 bits per heavy atom. The molecular formula is C18H20N4O4S. The average molecular weight is 388 g/mol. The largest absolute Gasteiger partial charge is 0.379 e. The van der Waals surface area contributed by atoms with Gasteiger partial charge in [-0.1, -0.05) is 6.07 Å². The summed E-state index contributed by atoms with van der Waals surface area (Å²) < 4.78 is 33.9. The van der Waals surface area contributed by atoms with Crippen LogP contribution in [0.5, 0.6) is 0 Å². The number of anilines is 1. The maximum atomic E-state index is 12.7. The van der Waals surface area contributed by atoms with Gasteiger partial charge in [-0.05, 0) is 24.3 Å². The predicted octanol–water partition coefficient (Wildman–Crippen LogP) is 1.78. The van der Waals surface area contributed by atoms with E-state index in [1.54, 1.807) is 0 Å². The third kappa shape index (κ3) is 3.25. The molecule has 1 aliphatic heterocycles. The van der Waals surface area contributed by atoms with E-state index in [1.165, 1.54) is 16.6 Å². The Bertz CT molecular complexity index is 1090. The van der Waals surface area contributed by atoms with Crippen molar-refractivity contribution in [2.24, 2.45) is 7.05 Å². The number of sulfonamides is 1. The minimum Gasteiger partial charge on any atom is -0.379 e. The monoisotopic (exact) mass is 388 g/mol. The second-order valence-corrected chi connectivity index (χ2v) is 8.32. The van der Waals surface area contributed by atoms with Crippen molar-refractivity contribution in [2.45, 2.75) is 4.90 Å². The van der Waals surface area contributed by atoms with Gasteiger partial charge in [0.2, 0.25) is 10.0 Å². The van der Waals surface area contributed by atoms with Crippen LogP contribution in [0, 0.1) is 0 Å². The molecule has 142 valence electrons. The van der Waals surface area contributed by atoms with Crippen molar-refractivity contribution < 1.29 is 17.9 Å². The molecule has 0 bridgehead atoms. The van der Waals surface area contributed by atoms with Crippen molar-refractivity contribution in [3.8, 4) is 0 Å². The SMILES string of the molecule is Cn1ccc2c(NC(=O)c3cc(S(=O)(=O)N4CCOCC4)c[nH]3)cccc21. The molecule has 4 rings (SSSR count). The van der Waals surface area contributed by atoms with E-state index in [0.29, 0.717) is 32.0 Å². The number of H-pyrrole nitrogens is 1. The lowest BCUT2D eigenvalue weighted by atomic mass is 10.2. The molecule has 9 heteroatoms. The molecule has 8 nitrogen and oxygen atoms in total. The molecule has 1 amide bonds. The zero-order valence-corrected chi connectivity index (χ0v) is 15.6. The number of carbonyl (C=O) groups is 1. The van der Waals surface area contributed by atoms with Gasteiger partial charge in [0.15, 0.2) is 0 Å².